The number of pyridine rings is 1. The van der Waals surface area contributed by atoms with Crippen molar-refractivity contribution < 1.29 is 38.3 Å². The fraction of sp³-hybridized carbons (Fsp3) is 0.350. The molecule has 1 fully saturated rings. The van der Waals surface area contributed by atoms with Crippen LogP contribution in [0.5, 0.6) is 0 Å². The predicted molar refractivity (Wildman–Crippen MR) is 129 cm³/mol. The molecule has 0 spiro atoms. The average Bonchev–Trinajstić information content (AvgIpc) is 3.43. The van der Waals surface area contributed by atoms with Gasteiger partial charge in [0.1, 0.15) is 17.9 Å². The number of rotatable bonds is 10. The van der Waals surface area contributed by atoms with Crippen LogP contribution in [0.4, 0.5) is 10.5 Å². The van der Waals surface area contributed by atoms with Gasteiger partial charge in [-0.05, 0) is 34.3 Å². The van der Waals surface area contributed by atoms with E-state index in [1.54, 1.807) is 25.4 Å². The maximum Gasteiger partial charge on any atom is 0.470 e. The van der Waals surface area contributed by atoms with Crippen LogP contribution in [0, 0.1) is 0 Å². The van der Waals surface area contributed by atoms with Gasteiger partial charge in [-0.2, -0.15) is 4.80 Å². The van der Waals surface area contributed by atoms with Crippen molar-refractivity contribution in [3.05, 3.63) is 36.5 Å². The number of aromatic nitrogens is 5. The quantitative estimate of drug-likeness (QED) is 0.300. The van der Waals surface area contributed by atoms with Crippen molar-refractivity contribution in [1.29, 1.82) is 0 Å². The fourth-order valence-electron chi connectivity index (χ4n) is 3.51. The molecule has 16 heteroatoms. The van der Waals surface area contributed by atoms with E-state index in [-0.39, 0.29) is 19.8 Å². The second-order valence-electron chi connectivity index (χ2n) is 7.86. The van der Waals surface area contributed by atoms with Gasteiger partial charge < -0.3 is 24.4 Å². The van der Waals surface area contributed by atoms with Crippen LogP contribution in [0.1, 0.15) is 0 Å². The molecule has 1 aromatic carbocycles. The number of carbonyl (C=O) groups excluding carboxylic acids is 1. The first-order chi connectivity index (χ1) is 17.1. The van der Waals surface area contributed by atoms with E-state index >= 15 is 0 Å². The van der Waals surface area contributed by atoms with Crippen molar-refractivity contribution in [1.82, 2.24) is 25.2 Å². The SMILES string of the molecule is Cn1nnc(-c2ccc(-c3ccc(N4CC(COCC(CO)OP(=O)(O)O)OC4=O)cc3P)cn2)n1. The number of aliphatic hydroxyl groups excluding tert-OH is 1. The minimum atomic E-state index is -4.76. The predicted octanol–water partition coefficient (Wildman–Crippen LogP) is 0.251. The van der Waals surface area contributed by atoms with E-state index in [1.165, 1.54) is 9.70 Å². The van der Waals surface area contributed by atoms with Crippen LogP contribution in [-0.2, 0) is 25.6 Å². The second-order valence-corrected chi connectivity index (χ2v) is 9.67. The summed E-state index contributed by atoms with van der Waals surface area (Å²) in [5, 5.41) is 21.9. The Morgan fingerprint density at radius 1 is 1.31 bits per heavy atom. The smallest absolute Gasteiger partial charge is 0.441 e. The van der Waals surface area contributed by atoms with Gasteiger partial charge in [0.05, 0.1) is 33.4 Å². The Balaban J connectivity index is 1.37. The Hall–Kier alpha value is -2.83. The molecule has 2 aromatic heterocycles. The van der Waals surface area contributed by atoms with Gasteiger partial charge in [0.2, 0.25) is 5.82 Å². The van der Waals surface area contributed by atoms with E-state index in [0.29, 0.717) is 17.2 Å². The number of anilines is 1. The highest BCUT2D eigenvalue weighted by Gasteiger charge is 2.33. The summed E-state index contributed by atoms with van der Waals surface area (Å²) in [6, 6.07) is 9.20. The van der Waals surface area contributed by atoms with E-state index in [1.807, 2.05) is 18.2 Å². The van der Waals surface area contributed by atoms with Crippen molar-refractivity contribution >= 4 is 34.1 Å². The topological polar surface area (TPSA) is 182 Å². The third-order valence-corrected chi connectivity index (χ3v) is 6.18. The molecule has 1 saturated heterocycles. The summed E-state index contributed by atoms with van der Waals surface area (Å²) in [6.45, 7) is -0.735. The van der Waals surface area contributed by atoms with Crippen LogP contribution in [0.15, 0.2) is 36.5 Å². The summed E-state index contributed by atoms with van der Waals surface area (Å²) < 4.78 is 26.0. The largest absolute Gasteiger partial charge is 0.470 e. The third kappa shape index (κ3) is 6.48. The summed E-state index contributed by atoms with van der Waals surface area (Å²) in [5.74, 6) is 0.428. The molecule has 0 bridgehead atoms. The monoisotopic (exact) mass is 538 g/mol. The fourth-order valence-corrected chi connectivity index (χ4v) is 4.46. The first-order valence-electron chi connectivity index (χ1n) is 10.6. The molecule has 192 valence electrons. The van der Waals surface area contributed by atoms with Gasteiger partial charge >= 0.3 is 13.9 Å². The van der Waals surface area contributed by atoms with Gasteiger partial charge in [0, 0.05) is 17.4 Å². The number of aliphatic hydroxyl groups is 1. The van der Waals surface area contributed by atoms with Crippen LogP contribution < -0.4 is 10.2 Å². The number of hydrogen-bond donors (Lipinski definition) is 3. The number of nitrogens with zero attached hydrogens (tertiary/aromatic N) is 6. The average molecular weight is 538 g/mol. The summed E-state index contributed by atoms with van der Waals surface area (Å²) in [5.41, 5.74) is 3.00. The molecular formula is C20H24N6O8P2. The van der Waals surface area contributed by atoms with Crippen LogP contribution >= 0.6 is 17.1 Å². The van der Waals surface area contributed by atoms with Crippen molar-refractivity contribution in [2.45, 2.75) is 12.2 Å². The minimum Gasteiger partial charge on any atom is -0.441 e. The lowest BCUT2D eigenvalue weighted by molar-refractivity contribution is -0.0178. The number of tetrazole rings is 1. The number of phosphoric ester groups is 1. The Labute approximate surface area is 207 Å². The summed E-state index contributed by atoms with van der Waals surface area (Å²) in [6.07, 6.45) is -0.646. The summed E-state index contributed by atoms with van der Waals surface area (Å²) in [7, 11) is -0.434. The zero-order valence-electron chi connectivity index (χ0n) is 19.0. The van der Waals surface area contributed by atoms with E-state index < -0.39 is 32.7 Å². The molecule has 1 amide bonds. The maximum absolute atomic E-state index is 12.4. The van der Waals surface area contributed by atoms with Crippen LogP contribution in [0.2, 0.25) is 0 Å². The van der Waals surface area contributed by atoms with Crippen LogP contribution in [-0.4, -0.2) is 84.8 Å². The lowest BCUT2D eigenvalue weighted by Crippen LogP contribution is -2.28. The number of phosphoric acid groups is 1. The highest BCUT2D eigenvalue weighted by atomic mass is 31.2. The molecule has 3 heterocycles. The molecule has 0 aliphatic carbocycles. The molecule has 1 aliphatic rings. The lowest BCUT2D eigenvalue weighted by atomic mass is 10.1. The lowest BCUT2D eigenvalue weighted by Gasteiger charge is -2.17. The second kappa shape index (κ2) is 11.1. The normalized spacial score (nSPS) is 16.9. The Kier molecular flexibility index (Phi) is 8.06. The molecule has 1 aliphatic heterocycles. The number of amides is 1. The third-order valence-electron chi connectivity index (χ3n) is 5.13. The van der Waals surface area contributed by atoms with Crippen molar-refractivity contribution in [2.24, 2.45) is 7.05 Å². The maximum atomic E-state index is 12.4. The zero-order chi connectivity index (χ0) is 25.9. The number of carbonyl (C=O) groups is 1. The molecule has 0 saturated carbocycles. The molecule has 3 atom stereocenters. The van der Waals surface area contributed by atoms with Crippen LogP contribution in [0.3, 0.4) is 0 Å². The van der Waals surface area contributed by atoms with Crippen molar-refractivity contribution in [3.8, 4) is 22.6 Å². The summed E-state index contributed by atoms with van der Waals surface area (Å²) >= 11 is 0. The molecule has 3 aromatic rings. The molecule has 4 rings (SSSR count). The van der Waals surface area contributed by atoms with Gasteiger partial charge in [-0.1, -0.05) is 12.1 Å². The number of hydrogen-bond acceptors (Lipinski definition) is 10. The number of benzene rings is 1. The highest BCUT2D eigenvalue weighted by molar-refractivity contribution is 7.46. The minimum absolute atomic E-state index is 0.0340. The molecule has 14 nitrogen and oxygen atoms in total. The Morgan fingerprint density at radius 2 is 2.11 bits per heavy atom. The van der Waals surface area contributed by atoms with Gasteiger partial charge in [0.25, 0.3) is 0 Å². The number of cyclic esters (lactones) is 1. The molecule has 3 N–H and O–H groups in total. The zero-order valence-corrected chi connectivity index (χ0v) is 21.1. The number of ether oxygens (including phenoxy) is 2. The molecule has 3 unspecified atom stereocenters. The number of aryl methyl sites for hydroxylation is 1. The van der Waals surface area contributed by atoms with E-state index in [4.69, 9.17) is 24.4 Å². The van der Waals surface area contributed by atoms with Gasteiger partial charge in [-0.25, -0.2) is 9.36 Å². The van der Waals surface area contributed by atoms with Gasteiger partial charge in [-0.15, -0.1) is 19.4 Å². The van der Waals surface area contributed by atoms with Crippen molar-refractivity contribution in [3.63, 3.8) is 0 Å². The van der Waals surface area contributed by atoms with Crippen LogP contribution in [0.25, 0.3) is 22.6 Å². The molecule has 0 radical (unpaired) electrons. The molecule has 36 heavy (non-hydrogen) atoms. The van der Waals surface area contributed by atoms with E-state index in [0.717, 1.165) is 16.4 Å². The molecular weight excluding hydrogens is 514 g/mol. The van der Waals surface area contributed by atoms with E-state index in [2.05, 4.69) is 34.2 Å². The highest BCUT2D eigenvalue weighted by Crippen LogP contribution is 2.37. The first-order valence-corrected chi connectivity index (χ1v) is 12.7. The first kappa shape index (κ1) is 26.2. The summed E-state index contributed by atoms with van der Waals surface area (Å²) in [4.78, 5) is 37.3. The van der Waals surface area contributed by atoms with Gasteiger partial charge in [-0.3, -0.25) is 14.4 Å². The van der Waals surface area contributed by atoms with E-state index in [9.17, 15) is 9.36 Å². The standard InChI is InChI=1S/C20H24N6O8P2/c1-25-23-19(22-24-25)17-5-2-12(7-21-17)16-4-3-13(6-18(16)35)26-8-14(33-20(26)28)10-32-11-15(9-27)34-36(29,30)31/h2-7,14-15,27H,8-11,35H2,1H3,(H2,29,30,31). The van der Waals surface area contributed by atoms with Crippen molar-refractivity contribution in [2.75, 3.05) is 31.3 Å². The Morgan fingerprint density at radius 3 is 2.72 bits per heavy atom. The Bertz CT molecular complexity index is 1270. The van der Waals surface area contributed by atoms with Gasteiger partial charge in [0.15, 0.2) is 0 Å².